The van der Waals surface area contributed by atoms with Crippen molar-refractivity contribution >= 4 is 27.5 Å². The summed E-state index contributed by atoms with van der Waals surface area (Å²) < 4.78 is 25.5. The number of hydrogen-bond acceptors (Lipinski definition) is 3. The third kappa shape index (κ3) is 4.47. The molecule has 0 aliphatic carbocycles. The number of halogens is 1. The van der Waals surface area contributed by atoms with Crippen molar-refractivity contribution in [2.24, 2.45) is 0 Å². The van der Waals surface area contributed by atoms with Gasteiger partial charge in [-0.15, -0.1) is 0 Å². The fourth-order valence-electron chi connectivity index (χ4n) is 1.50. The first-order chi connectivity index (χ1) is 9.27. The Bertz CT molecular complexity index is 557. The van der Waals surface area contributed by atoms with Gasteiger partial charge in [0.1, 0.15) is 0 Å². The molecule has 0 bridgehead atoms. The van der Waals surface area contributed by atoms with Gasteiger partial charge in [-0.3, -0.25) is 4.79 Å². The lowest BCUT2D eigenvalue weighted by molar-refractivity contribution is -0.121. The molecule has 112 valence electrons. The van der Waals surface area contributed by atoms with Gasteiger partial charge in [0.15, 0.2) is 0 Å². The maximum absolute atomic E-state index is 12.2. The fraction of sp³-hybridized carbons (Fsp3) is 0.462. The number of hydrogen-bond donors (Lipinski definition) is 1. The van der Waals surface area contributed by atoms with E-state index >= 15 is 0 Å². The van der Waals surface area contributed by atoms with Gasteiger partial charge in [-0.2, -0.15) is 4.31 Å². The fourth-order valence-corrected chi connectivity index (χ4v) is 2.75. The predicted octanol–water partition coefficient (Wildman–Crippen LogP) is 1.88. The van der Waals surface area contributed by atoms with Crippen LogP contribution in [0, 0.1) is 0 Å². The van der Waals surface area contributed by atoms with E-state index in [0.717, 1.165) is 10.7 Å². The van der Waals surface area contributed by atoms with Crippen LogP contribution in [-0.4, -0.2) is 38.3 Å². The largest absolute Gasteiger partial charge is 0.353 e. The molecule has 0 saturated carbocycles. The molecule has 0 aromatic heterocycles. The lowest BCUT2D eigenvalue weighted by Gasteiger charge is -2.18. The van der Waals surface area contributed by atoms with Gasteiger partial charge >= 0.3 is 0 Å². The number of carbonyl (C=O) groups is 1. The second kappa shape index (κ2) is 7.06. The summed E-state index contributed by atoms with van der Waals surface area (Å²) in [6.45, 7) is 3.60. The quantitative estimate of drug-likeness (QED) is 0.871. The normalized spacial score (nSPS) is 13.2. The number of amides is 1. The summed E-state index contributed by atoms with van der Waals surface area (Å²) in [4.78, 5) is 11.8. The zero-order chi connectivity index (χ0) is 15.3. The van der Waals surface area contributed by atoms with Crippen LogP contribution in [0.3, 0.4) is 0 Å². The van der Waals surface area contributed by atoms with Gasteiger partial charge in [0.05, 0.1) is 11.4 Å². The highest BCUT2D eigenvalue weighted by Gasteiger charge is 2.23. The summed E-state index contributed by atoms with van der Waals surface area (Å²) in [7, 11) is -2.30. The second-order valence-corrected chi connectivity index (χ2v) is 7.07. The molecule has 0 fully saturated rings. The van der Waals surface area contributed by atoms with Crippen molar-refractivity contribution in [3.05, 3.63) is 29.3 Å². The van der Waals surface area contributed by atoms with Crippen LogP contribution in [0.4, 0.5) is 0 Å². The minimum Gasteiger partial charge on any atom is -0.353 e. The van der Waals surface area contributed by atoms with Crippen LogP contribution in [-0.2, 0) is 14.8 Å². The number of sulfonamides is 1. The van der Waals surface area contributed by atoms with Crippen LogP contribution >= 0.6 is 11.6 Å². The molecule has 1 atom stereocenters. The topological polar surface area (TPSA) is 66.5 Å². The van der Waals surface area contributed by atoms with Crippen molar-refractivity contribution in [1.82, 2.24) is 9.62 Å². The Morgan fingerprint density at radius 1 is 1.35 bits per heavy atom. The lowest BCUT2D eigenvalue weighted by Crippen LogP contribution is -2.41. The first-order valence-electron chi connectivity index (χ1n) is 6.28. The Hall–Kier alpha value is -1.11. The third-order valence-corrected chi connectivity index (χ3v) is 4.98. The summed E-state index contributed by atoms with van der Waals surface area (Å²) in [6.07, 6.45) is 0.791. The highest BCUT2D eigenvalue weighted by molar-refractivity contribution is 7.89. The highest BCUT2D eigenvalue weighted by atomic mass is 35.5. The predicted molar refractivity (Wildman–Crippen MR) is 79.2 cm³/mol. The van der Waals surface area contributed by atoms with E-state index in [1.54, 1.807) is 0 Å². The van der Waals surface area contributed by atoms with Crippen LogP contribution < -0.4 is 5.32 Å². The maximum Gasteiger partial charge on any atom is 0.243 e. The van der Waals surface area contributed by atoms with E-state index in [2.05, 4.69) is 5.32 Å². The molecular weight excluding hydrogens is 300 g/mol. The molecule has 1 aromatic rings. The molecule has 1 amide bonds. The number of benzene rings is 1. The van der Waals surface area contributed by atoms with E-state index in [9.17, 15) is 13.2 Å². The van der Waals surface area contributed by atoms with E-state index in [-0.39, 0.29) is 23.4 Å². The van der Waals surface area contributed by atoms with E-state index < -0.39 is 10.0 Å². The molecule has 5 nitrogen and oxygen atoms in total. The molecule has 0 unspecified atom stereocenters. The Morgan fingerprint density at radius 2 is 1.90 bits per heavy atom. The van der Waals surface area contributed by atoms with E-state index in [4.69, 9.17) is 11.6 Å². The van der Waals surface area contributed by atoms with Gasteiger partial charge in [-0.1, -0.05) is 18.5 Å². The molecule has 0 spiro atoms. The van der Waals surface area contributed by atoms with Crippen LogP contribution in [0.5, 0.6) is 0 Å². The van der Waals surface area contributed by atoms with Crippen LogP contribution in [0.2, 0.25) is 5.02 Å². The Kier molecular flexibility index (Phi) is 5.98. The molecule has 1 rings (SSSR count). The number of likely N-dealkylation sites (N-methyl/N-ethyl adjacent to an activating group) is 1. The Morgan fingerprint density at radius 3 is 2.40 bits per heavy atom. The van der Waals surface area contributed by atoms with E-state index in [1.807, 2.05) is 13.8 Å². The van der Waals surface area contributed by atoms with Crippen molar-refractivity contribution < 1.29 is 13.2 Å². The van der Waals surface area contributed by atoms with Crippen LogP contribution in [0.25, 0.3) is 0 Å². The number of carbonyl (C=O) groups excluding carboxylic acids is 1. The van der Waals surface area contributed by atoms with Gasteiger partial charge in [0, 0.05) is 18.1 Å². The smallest absolute Gasteiger partial charge is 0.243 e. The van der Waals surface area contributed by atoms with Crippen molar-refractivity contribution in [3.8, 4) is 0 Å². The van der Waals surface area contributed by atoms with Crippen molar-refractivity contribution in [1.29, 1.82) is 0 Å². The number of rotatable bonds is 6. The van der Waals surface area contributed by atoms with Gasteiger partial charge < -0.3 is 5.32 Å². The molecule has 1 N–H and O–H groups in total. The van der Waals surface area contributed by atoms with E-state index in [0.29, 0.717) is 5.02 Å². The molecule has 0 aliphatic heterocycles. The zero-order valence-electron chi connectivity index (χ0n) is 11.8. The summed E-state index contributed by atoms with van der Waals surface area (Å²) in [6, 6.07) is 5.86. The van der Waals surface area contributed by atoms with Crippen molar-refractivity contribution in [2.45, 2.75) is 31.2 Å². The molecule has 20 heavy (non-hydrogen) atoms. The Labute approximate surface area is 125 Å². The molecule has 0 saturated heterocycles. The average molecular weight is 319 g/mol. The van der Waals surface area contributed by atoms with Crippen molar-refractivity contribution in [3.63, 3.8) is 0 Å². The summed E-state index contributed by atoms with van der Waals surface area (Å²) >= 11 is 5.73. The average Bonchev–Trinajstić information content (AvgIpc) is 2.38. The molecule has 7 heteroatoms. The standard InChI is InChI=1S/C13H19ClN2O3S/c1-4-10(2)15-13(17)9-16(3)20(18,19)12-7-5-11(14)6-8-12/h5-8,10H,4,9H2,1-3H3,(H,15,17)/t10-/m1/s1. The molecular formula is C13H19ClN2O3S. The first-order valence-corrected chi connectivity index (χ1v) is 8.10. The van der Waals surface area contributed by atoms with Gasteiger partial charge in [0.25, 0.3) is 0 Å². The van der Waals surface area contributed by atoms with Crippen LogP contribution in [0.15, 0.2) is 29.2 Å². The molecule has 1 aromatic carbocycles. The number of nitrogens with one attached hydrogen (secondary N) is 1. The SMILES string of the molecule is CC[C@@H](C)NC(=O)CN(C)S(=O)(=O)c1ccc(Cl)cc1. The molecule has 0 heterocycles. The summed E-state index contributed by atoms with van der Waals surface area (Å²) in [5.74, 6) is -0.320. The third-order valence-electron chi connectivity index (χ3n) is 2.91. The van der Waals surface area contributed by atoms with Gasteiger partial charge in [-0.05, 0) is 37.6 Å². The second-order valence-electron chi connectivity index (χ2n) is 4.59. The first kappa shape index (κ1) is 16.9. The maximum atomic E-state index is 12.2. The zero-order valence-corrected chi connectivity index (χ0v) is 13.3. The minimum atomic E-state index is -3.68. The highest BCUT2D eigenvalue weighted by Crippen LogP contribution is 2.17. The van der Waals surface area contributed by atoms with Crippen molar-refractivity contribution in [2.75, 3.05) is 13.6 Å². The Balaban J connectivity index is 2.77. The van der Waals surface area contributed by atoms with E-state index in [1.165, 1.54) is 31.3 Å². The summed E-state index contributed by atoms with van der Waals surface area (Å²) in [5.41, 5.74) is 0. The monoisotopic (exact) mass is 318 g/mol. The lowest BCUT2D eigenvalue weighted by atomic mass is 10.2. The van der Waals surface area contributed by atoms with Crippen LogP contribution in [0.1, 0.15) is 20.3 Å². The summed E-state index contributed by atoms with van der Waals surface area (Å²) in [5, 5.41) is 3.19. The molecule has 0 radical (unpaired) electrons. The number of nitrogens with zero attached hydrogens (tertiary/aromatic N) is 1. The minimum absolute atomic E-state index is 0.0223. The van der Waals surface area contributed by atoms with Gasteiger partial charge in [-0.25, -0.2) is 8.42 Å². The van der Waals surface area contributed by atoms with Gasteiger partial charge in [0.2, 0.25) is 15.9 Å². The molecule has 0 aliphatic rings.